The number of aldehydes is 2. The highest BCUT2D eigenvalue weighted by molar-refractivity contribution is 5.65. The number of carbonyl (C=O) groups is 2. The fourth-order valence-corrected chi connectivity index (χ4v) is 1.46. The molecular weight excluding hydrogens is 128 g/mol. The first kappa shape index (κ1) is 7.45. The van der Waals surface area contributed by atoms with E-state index in [9.17, 15) is 9.59 Å². The monoisotopic (exact) mass is 140 g/mol. The van der Waals surface area contributed by atoms with Crippen LogP contribution in [0.15, 0.2) is 0 Å². The smallest absolute Gasteiger partial charge is 0.123 e. The van der Waals surface area contributed by atoms with E-state index >= 15 is 0 Å². The van der Waals surface area contributed by atoms with E-state index in [0.717, 1.165) is 19.0 Å². The van der Waals surface area contributed by atoms with Crippen molar-refractivity contribution in [1.82, 2.24) is 0 Å². The van der Waals surface area contributed by atoms with Gasteiger partial charge >= 0.3 is 0 Å². The van der Waals surface area contributed by atoms with E-state index in [4.69, 9.17) is 0 Å². The third-order valence-corrected chi connectivity index (χ3v) is 2.75. The van der Waals surface area contributed by atoms with E-state index < -0.39 is 0 Å². The maximum Gasteiger partial charge on any atom is 0.123 e. The Bertz CT molecular complexity index is 145. The van der Waals surface area contributed by atoms with Gasteiger partial charge in [-0.15, -0.1) is 0 Å². The molecule has 2 atom stereocenters. The Morgan fingerprint density at radius 2 is 1.60 bits per heavy atom. The normalized spacial score (nSPS) is 36.2. The zero-order valence-corrected chi connectivity index (χ0v) is 6.33. The quantitative estimate of drug-likeness (QED) is 0.537. The number of rotatable bonds is 2. The van der Waals surface area contributed by atoms with Gasteiger partial charge in [-0.25, -0.2) is 0 Å². The fraction of sp³-hybridized carbons (Fsp3) is 0.750. The van der Waals surface area contributed by atoms with Gasteiger partial charge in [-0.1, -0.05) is 13.8 Å². The summed E-state index contributed by atoms with van der Waals surface area (Å²) in [5, 5.41) is 0. The van der Waals surface area contributed by atoms with Gasteiger partial charge in [0.2, 0.25) is 0 Å². The van der Waals surface area contributed by atoms with Crippen molar-refractivity contribution >= 4 is 12.6 Å². The Labute approximate surface area is 60.6 Å². The van der Waals surface area contributed by atoms with Crippen molar-refractivity contribution < 1.29 is 9.59 Å². The Morgan fingerprint density at radius 1 is 1.20 bits per heavy atom. The lowest BCUT2D eigenvalue weighted by Crippen LogP contribution is -2.46. The van der Waals surface area contributed by atoms with E-state index in [1.54, 1.807) is 0 Å². The highest BCUT2D eigenvalue weighted by Gasteiger charge is 2.47. The van der Waals surface area contributed by atoms with Crippen molar-refractivity contribution in [2.75, 3.05) is 0 Å². The topological polar surface area (TPSA) is 34.1 Å². The van der Waals surface area contributed by atoms with E-state index in [1.807, 2.05) is 13.8 Å². The molecule has 0 amide bonds. The van der Waals surface area contributed by atoms with Gasteiger partial charge in [0.05, 0.1) is 0 Å². The molecule has 0 spiro atoms. The lowest BCUT2D eigenvalue weighted by molar-refractivity contribution is -0.133. The van der Waals surface area contributed by atoms with E-state index in [0.29, 0.717) is 0 Å². The number of hydrogen-bond acceptors (Lipinski definition) is 2. The average Bonchev–Trinajstić information content (AvgIpc) is 1.88. The molecule has 0 aliphatic heterocycles. The van der Waals surface area contributed by atoms with Crippen LogP contribution < -0.4 is 0 Å². The zero-order valence-electron chi connectivity index (χ0n) is 6.33. The van der Waals surface area contributed by atoms with E-state index in [-0.39, 0.29) is 17.3 Å². The molecule has 1 aliphatic rings. The fourth-order valence-electron chi connectivity index (χ4n) is 1.46. The van der Waals surface area contributed by atoms with Gasteiger partial charge in [0.25, 0.3) is 0 Å². The molecule has 0 N–H and O–H groups in total. The van der Waals surface area contributed by atoms with Crippen LogP contribution in [-0.2, 0) is 9.59 Å². The van der Waals surface area contributed by atoms with Gasteiger partial charge in [0.1, 0.15) is 12.6 Å². The highest BCUT2D eigenvalue weighted by Crippen LogP contribution is 2.48. The highest BCUT2D eigenvalue weighted by atomic mass is 16.1. The lowest BCUT2D eigenvalue weighted by Gasteiger charge is -2.46. The first-order valence-electron chi connectivity index (χ1n) is 3.53. The Morgan fingerprint density at radius 3 is 1.80 bits per heavy atom. The summed E-state index contributed by atoms with van der Waals surface area (Å²) in [7, 11) is 0. The standard InChI is InChI=1S/C8H12O2/c1-8(2)6(4-9)3-7(8)5-10/h4-7H,3H2,1-2H3. The van der Waals surface area contributed by atoms with E-state index in [2.05, 4.69) is 0 Å². The maximum atomic E-state index is 10.3. The van der Waals surface area contributed by atoms with Crippen LogP contribution in [0.2, 0.25) is 0 Å². The van der Waals surface area contributed by atoms with Crippen molar-refractivity contribution in [2.45, 2.75) is 20.3 Å². The van der Waals surface area contributed by atoms with Crippen LogP contribution in [0.4, 0.5) is 0 Å². The van der Waals surface area contributed by atoms with Gasteiger partial charge in [-0.05, 0) is 11.8 Å². The van der Waals surface area contributed by atoms with Crippen LogP contribution >= 0.6 is 0 Å². The largest absolute Gasteiger partial charge is 0.303 e. The zero-order chi connectivity index (χ0) is 7.78. The van der Waals surface area contributed by atoms with Crippen LogP contribution in [0.5, 0.6) is 0 Å². The van der Waals surface area contributed by atoms with Crippen molar-refractivity contribution in [1.29, 1.82) is 0 Å². The van der Waals surface area contributed by atoms with Crippen molar-refractivity contribution in [2.24, 2.45) is 17.3 Å². The van der Waals surface area contributed by atoms with Crippen LogP contribution in [0.3, 0.4) is 0 Å². The summed E-state index contributed by atoms with van der Waals surface area (Å²) in [6, 6.07) is 0. The predicted molar refractivity (Wildman–Crippen MR) is 37.5 cm³/mol. The Hall–Kier alpha value is -0.660. The second kappa shape index (κ2) is 2.19. The van der Waals surface area contributed by atoms with Gasteiger partial charge in [-0.3, -0.25) is 0 Å². The minimum atomic E-state index is -0.0799. The van der Waals surface area contributed by atoms with Crippen molar-refractivity contribution in [3.8, 4) is 0 Å². The summed E-state index contributed by atoms with van der Waals surface area (Å²) in [5.74, 6) is 0.199. The minimum Gasteiger partial charge on any atom is -0.303 e. The summed E-state index contributed by atoms with van der Waals surface area (Å²) in [4.78, 5) is 20.7. The van der Waals surface area contributed by atoms with Crippen LogP contribution in [0.1, 0.15) is 20.3 Å². The summed E-state index contributed by atoms with van der Waals surface area (Å²) < 4.78 is 0. The van der Waals surface area contributed by atoms with E-state index in [1.165, 1.54) is 0 Å². The second-order valence-electron chi connectivity index (χ2n) is 3.54. The summed E-state index contributed by atoms with van der Waals surface area (Å²) in [6.07, 6.45) is 2.67. The van der Waals surface area contributed by atoms with Crippen molar-refractivity contribution in [3.05, 3.63) is 0 Å². The molecule has 1 rings (SSSR count). The van der Waals surface area contributed by atoms with Gasteiger partial charge in [-0.2, -0.15) is 0 Å². The summed E-state index contributed by atoms with van der Waals surface area (Å²) in [5.41, 5.74) is -0.0799. The lowest BCUT2D eigenvalue weighted by atomic mass is 9.56. The molecule has 0 aromatic rings. The van der Waals surface area contributed by atoms with Crippen molar-refractivity contribution in [3.63, 3.8) is 0 Å². The SMILES string of the molecule is CC1(C)C(C=O)CC1C=O. The van der Waals surface area contributed by atoms with Gasteiger partial charge in [0, 0.05) is 11.8 Å². The third kappa shape index (κ3) is 0.789. The summed E-state index contributed by atoms with van der Waals surface area (Å²) >= 11 is 0. The number of carbonyl (C=O) groups excluding carboxylic acids is 2. The third-order valence-electron chi connectivity index (χ3n) is 2.75. The molecule has 1 saturated carbocycles. The predicted octanol–water partition coefficient (Wildman–Crippen LogP) is 1.05. The first-order valence-corrected chi connectivity index (χ1v) is 3.53. The molecule has 1 aliphatic carbocycles. The Balaban J connectivity index is 2.63. The minimum absolute atomic E-state index is 0.0799. The molecule has 0 heterocycles. The Kier molecular flexibility index (Phi) is 1.63. The molecule has 2 nitrogen and oxygen atoms in total. The van der Waals surface area contributed by atoms with Gasteiger partial charge < -0.3 is 9.59 Å². The maximum absolute atomic E-state index is 10.3. The molecule has 2 unspecified atom stereocenters. The molecule has 2 heteroatoms. The molecule has 1 fully saturated rings. The second-order valence-corrected chi connectivity index (χ2v) is 3.54. The molecular formula is C8H12O2. The molecule has 0 saturated heterocycles. The summed E-state index contributed by atoms with van der Waals surface area (Å²) in [6.45, 7) is 3.93. The van der Waals surface area contributed by atoms with Crippen LogP contribution in [0.25, 0.3) is 0 Å². The molecule has 56 valence electrons. The van der Waals surface area contributed by atoms with Gasteiger partial charge in [0.15, 0.2) is 0 Å². The molecule has 0 aromatic carbocycles. The van der Waals surface area contributed by atoms with Crippen LogP contribution in [-0.4, -0.2) is 12.6 Å². The molecule has 0 bridgehead atoms. The average molecular weight is 140 g/mol. The first-order chi connectivity index (χ1) is 4.62. The van der Waals surface area contributed by atoms with Crippen LogP contribution in [0, 0.1) is 17.3 Å². The molecule has 0 aromatic heterocycles. The molecule has 0 radical (unpaired) electrons. The molecule has 10 heavy (non-hydrogen) atoms. The number of hydrogen-bond donors (Lipinski definition) is 0.